The molecule has 3 aromatic rings. The molecule has 2 aliphatic rings. The second-order valence-electron chi connectivity index (χ2n) is 9.14. The summed E-state index contributed by atoms with van der Waals surface area (Å²) in [6.45, 7) is 2.73. The van der Waals surface area contributed by atoms with Crippen LogP contribution in [0.15, 0.2) is 41.3 Å². The average molecular weight is 549 g/mol. The van der Waals surface area contributed by atoms with Gasteiger partial charge in [-0.1, -0.05) is 23.7 Å². The highest BCUT2D eigenvalue weighted by atomic mass is 35.5. The number of thiazole rings is 1. The first-order valence-electron chi connectivity index (χ1n) is 11.6. The number of aromatic nitrogens is 1. The number of fused-ring (bicyclic) bond motifs is 2. The van der Waals surface area contributed by atoms with E-state index in [1.165, 1.54) is 26.6 Å². The summed E-state index contributed by atoms with van der Waals surface area (Å²) in [6, 6.07) is 9.47. The molecule has 0 saturated carbocycles. The lowest BCUT2D eigenvalue weighted by Crippen LogP contribution is -2.57. The van der Waals surface area contributed by atoms with Gasteiger partial charge in [-0.05, 0) is 42.0 Å². The molecule has 1 aromatic heterocycles. The number of hydrogen-bond acceptors (Lipinski definition) is 7. The highest BCUT2D eigenvalue weighted by Gasteiger charge is 2.39. The van der Waals surface area contributed by atoms with Gasteiger partial charge in [-0.25, -0.2) is 13.4 Å². The van der Waals surface area contributed by atoms with Gasteiger partial charge in [0.25, 0.3) is 5.91 Å². The standard InChI is InChI=1S/C24H25ClN4O5S2/c1-14-8-20-21(12-26-14)35-23(27-20)24(32)29-7-6-28(13-18(29)11-22(30)31)36(33,34)19-5-3-15-9-17(25)4-2-16(15)10-19/h2-5,9-10,14,18,26H,6-8,11-13H2,1H3,(H,30,31). The number of carboxylic acids is 1. The summed E-state index contributed by atoms with van der Waals surface area (Å²) in [7, 11) is -3.91. The Morgan fingerprint density at radius 3 is 2.72 bits per heavy atom. The Labute approximate surface area is 217 Å². The first kappa shape index (κ1) is 25.1. The van der Waals surface area contributed by atoms with E-state index >= 15 is 0 Å². The second-order valence-corrected chi connectivity index (χ2v) is 12.6. The van der Waals surface area contributed by atoms with Crippen LogP contribution in [0.3, 0.4) is 0 Å². The van der Waals surface area contributed by atoms with E-state index in [4.69, 9.17) is 11.6 Å². The minimum absolute atomic E-state index is 0.0620. The van der Waals surface area contributed by atoms with Crippen molar-refractivity contribution < 1.29 is 23.1 Å². The predicted molar refractivity (Wildman–Crippen MR) is 137 cm³/mol. The number of nitrogens with one attached hydrogen (secondary N) is 1. The predicted octanol–water partition coefficient (Wildman–Crippen LogP) is 2.97. The van der Waals surface area contributed by atoms with Crippen LogP contribution in [0.4, 0.5) is 0 Å². The van der Waals surface area contributed by atoms with Gasteiger partial charge in [0.2, 0.25) is 10.0 Å². The fourth-order valence-corrected chi connectivity index (χ4v) is 7.40. The van der Waals surface area contributed by atoms with Crippen molar-refractivity contribution in [3.8, 4) is 0 Å². The molecule has 0 radical (unpaired) electrons. The molecule has 2 atom stereocenters. The first-order valence-corrected chi connectivity index (χ1v) is 14.2. The van der Waals surface area contributed by atoms with E-state index in [2.05, 4.69) is 17.2 Å². The van der Waals surface area contributed by atoms with Gasteiger partial charge >= 0.3 is 5.97 Å². The Bertz CT molecular complexity index is 1460. The molecule has 9 nitrogen and oxygen atoms in total. The lowest BCUT2D eigenvalue weighted by Gasteiger charge is -2.39. The molecule has 1 saturated heterocycles. The number of piperazine rings is 1. The second kappa shape index (κ2) is 9.71. The van der Waals surface area contributed by atoms with E-state index in [-0.39, 0.29) is 42.9 Å². The summed E-state index contributed by atoms with van der Waals surface area (Å²) in [5.41, 5.74) is 0.892. The van der Waals surface area contributed by atoms with Crippen molar-refractivity contribution in [2.24, 2.45) is 0 Å². The van der Waals surface area contributed by atoms with Gasteiger partial charge in [0.15, 0.2) is 5.01 Å². The molecule has 0 aliphatic carbocycles. The van der Waals surface area contributed by atoms with Gasteiger partial charge in [-0.2, -0.15) is 4.31 Å². The Kier molecular flexibility index (Phi) is 6.77. The molecular formula is C24H25ClN4O5S2. The number of aliphatic carboxylic acids is 1. The number of carboxylic acid groups (broad SMARTS) is 1. The summed E-state index contributed by atoms with van der Waals surface area (Å²) in [5, 5.41) is 15.3. The maximum atomic E-state index is 13.5. The summed E-state index contributed by atoms with van der Waals surface area (Å²) in [6.07, 6.45) is 0.360. The Morgan fingerprint density at radius 1 is 1.19 bits per heavy atom. The van der Waals surface area contributed by atoms with Crippen molar-refractivity contribution >= 4 is 55.6 Å². The van der Waals surface area contributed by atoms with Gasteiger partial charge in [-0.3, -0.25) is 9.59 Å². The van der Waals surface area contributed by atoms with E-state index in [0.29, 0.717) is 16.6 Å². The van der Waals surface area contributed by atoms with Crippen LogP contribution in [0.25, 0.3) is 10.8 Å². The third-order valence-electron chi connectivity index (χ3n) is 6.60. The lowest BCUT2D eigenvalue weighted by molar-refractivity contribution is -0.138. The van der Waals surface area contributed by atoms with Gasteiger partial charge in [0.1, 0.15) is 0 Å². The van der Waals surface area contributed by atoms with E-state index in [0.717, 1.165) is 27.8 Å². The largest absolute Gasteiger partial charge is 0.481 e. The Balaban J connectivity index is 1.39. The molecule has 3 heterocycles. The molecule has 1 fully saturated rings. The molecular weight excluding hydrogens is 524 g/mol. The third kappa shape index (κ3) is 4.85. The monoisotopic (exact) mass is 548 g/mol. The average Bonchev–Trinajstić information content (AvgIpc) is 3.26. The van der Waals surface area contributed by atoms with Crippen molar-refractivity contribution in [1.29, 1.82) is 0 Å². The Morgan fingerprint density at radius 2 is 1.94 bits per heavy atom. The van der Waals surface area contributed by atoms with Crippen LogP contribution >= 0.6 is 22.9 Å². The number of carbonyl (C=O) groups is 2. The smallest absolute Gasteiger partial charge is 0.305 e. The van der Waals surface area contributed by atoms with E-state index < -0.39 is 22.0 Å². The SMILES string of the molecule is CC1Cc2nc(C(=O)N3CCN(S(=O)(=O)c4ccc5cc(Cl)ccc5c4)CC3CC(=O)O)sc2CN1. The van der Waals surface area contributed by atoms with E-state index in [1.807, 2.05) is 0 Å². The lowest BCUT2D eigenvalue weighted by atomic mass is 10.1. The topological polar surface area (TPSA) is 120 Å². The Hall–Kier alpha value is -2.57. The van der Waals surface area contributed by atoms with Gasteiger partial charge in [0, 0.05) is 48.5 Å². The van der Waals surface area contributed by atoms with Gasteiger partial charge in [-0.15, -0.1) is 11.3 Å². The van der Waals surface area contributed by atoms with Crippen molar-refractivity contribution in [3.05, 3.63) is 57.0 Å². The molecule has 2 aromatic carbocycles. The summed E-state index contributed by atoms with van der Waals surface area (Å²) >= 11 is 7.35. The molecule has 12 heteroatoms. The van der Waals surface area contributed by atoms with Crippen molar-refractivity contribution in [2.45, 2.75) is 43.3 Å². The zero-order valence-corrected chi connectivity index (χ0v) is 21.9. The normalized spacial score (nSPS) is 20.9. The highest BCUT2D eigenvalue weighted by Crippen LogP contribution is 2.29. The minimum atomic E-state index is -3.91. The quantitative estimate of drug-likeness (QED) is 0.503. The van der Waals surface area contributed by atoms with Crippen molar-refractivity contribution in [3.63, 3.8) is 0 Å². The molecule has 5 rings (SSSR count). The van der Waals surface area contributed by atoms with Crippen LogP contribution in [0, 0.1) is 0 Å². The zero-order valence-electron chi connectivity index (χ0n) is 19.5. The van der Waals surface area contributed by atoms with Crippen LogP contribution in [0.1, 0.15) is 33.7 Å². The maximum absolute atomic E-state index is 13.5. The fraction of sp³-hybridized carbons (Fsp3) is 0.375. The van der Waals surface area contributed by atoms with Crippen molar-refractivity contribution in [2.75, 3.05) is 19.6 Å². The number of hydrogen-bond donors (Lipinski definition) is 2. The van der Waals surface area contributed by atoms with E-state index in [9.17, 15) is 23.1 Å². The molecule has 0 spiro atoms. The molecule has 1 amide bonds. The highest BCUT2D eigenvalue weighted by molar-refractivity contribution is 7.89. The van der Waals surface area contributed by atoms with E-state index in [1.54, 1.807) is 30.3 Å². The van der Waals surface area contributed by atoms with Crippen LogP contribution < -0.4 is 5.32 Å². The fourth-order valence-electron chi connectivity index (χ4n) is 4.72. The van der Waals surface area contributed by atoms with Crippen LogP contribution in [-0.2, 0) is 27.8 Å². The maximum Gasteiger partial charge on any atom is 0.305 e. The summed E-state index contributed by atoms with van der Waals surface area (Å²) in [5.74, 6) is -1.45. The number of halogens is 1. The summed E-state index contributed by atoms with van der Waals surface area (Å²) < 4.78 is 28.2. The third-order valence-corrected chi connectivity index (χ3v) is 9.78. The minimum Gasteiger partial charge on any atom is -0.481 e. The molecule has 2 aliphatic heterocycles. The number of sulfonamides is 1. The first-order chi connectivity index (χ1) is 17.1. The number of nitrogens with zero attached hydrogens (tertiary/aromatic N) is 3. The number of rotatable bonds is 5. The number of amides is 1. The molecule has 36 heavy (non-hydrogen) atoms. The molecule has 0 bridgehead atoms. The van der Waals surface area contributed by atoms with Gasteiger partial charge < -0.3 is 15.3 Å². The van der Waals surface area contributed by atoms with Crippen molar-refractivity contribution in [1.82, 2.24) is 19.5 Å². The van der Waals surface area contributed by atoms with Crippen LogP contribution in [-0.4, -0.2) is 71.3 Å². The summed E-state index contributed by atoms with van der Waals surface area (Å²) in [4.78, 5) is 32.1. The van der Waals surface area contributed by atoms with Crippen LogP contribution in [0.2, 0.25) is 5.02 Å². The van der Waals surface area contributed by atoms with Gasteiger partial charge in [0.05, 0.1) is 23.1 Å². The molecule has 2 unspecified atom stereocenters. The molecule has 2 N–H and O–H groups in total. The number of carbonyl (C=O) groups excluding carboxylic acids is 1. The zero-order chi connectivity index (χ0) is 25.6. The number of benzene rings is 2. The molecule has 190 valence electrons. The van der Waals surface area contributed by atoms with Crippen LogP contribution in [0.5, 0.6) is 0 Å².